The number of para-hydroxylation sites is 1. The van der Waals surface area contributed by atoms with Gasteiger partial charge in [-0.25, -0.2) is 4.39 Å². The molecule has 2 aromatic rings. The van der Waals surface area contributed by atoms with E-state index in [0.29, 0.717) is 18.5 Å². The summed E-state index contributed by atoms with van der Waals surface area (Å²) in [6, 6.07) is 15.3. The van der Waals surface area contributed by atoms with Gasteiger partial charge in [0.15, 0.2) is 0 Å². The number of hydrogen-bond donors (Lipinski definition) is 0. The summed E-state index contributed by atoms with van der Waals surface area (Å²) in [5.41, 5.74) is 3.31. The molecule has 0 aromatic heterocycles. The van der Waals surface area contributed by atoms with Crippen LogP contribution in [-0.4, -0.2) is 0 Å². The first-order valence-electron chi connectivity index (χ1n) is 5.51. The van der Waals surface area contributed by atoms with Gasteiger partial charge in [0.05, 0.1) is 6.33 Å². The second-order valence-corrected chi connectivity index (χ2v) is 3.96. The van der Waals surface area contributed by atoms with E-state index in [2.05, 4.69) is 0 Å². The van der Waals surface area contributed by atoms with Crippen LogP contribution in [0, 0.1) is 0 Å². The highest BCUT2D eigenvalue weighted by Crippen LogP contribution is 2.36. The maximum absolute atomic E-state index is 13.2. The molecule has 1 nitrogen and oxygen atoms in total. The van der Waals surface area contributed by atoms with E-state index in [9.17, 15) is 4.39 Å². The molecule has 2 aromatic carbocycles. The number of rotatable bonds is 0. The van der Waals surface area contributed by atoms with Crippen LogP contribution in [0.4, 0.5) is 4.39 Å². The van der Waals surface area contributed by atoms with Gasteiger partial charge in [0.25, 0.3) is 0 Å². The number of benzene rings is 2. The summed E-state index contributed by atoms with van der Waals surface area (Å²) in [5.74, 6) is 0.729. The van der Waals surface area contributed by atoms with Gasteiger partial charge in [-0.1, -0.05) is 42.5 Å². The van der Waals surface area contributed by atoms with Gasteiger partial charge in [0.1, 0.15) is 12.4 Å². The molecule has 0 unspecified atom stereocenters. The molecule has 0 atom stereocenters. The minimum Gasteiger partial charge on any atom is -0.488 e. The molecule has 1 heterocycles. The highest BCUT2D eigenvalue weighted by Gasteiger charge is 2.18. The largest absolute Gasteiger partial charge is 0.488 e. The van der Waals surface area contributed by atoms with Crippen molar-refractivity contribution in [2.75, 3.05) is 0 Å². The second kappa shape index (κ2) is 4.06. The molecule has 0 aliphatic carbocycles. The predicted molar refractivity (Wildman–Crippen MR) is 65.4 cm³/mol. The van der Waals surface area contributed by atoms with Crippen molar-refractivity contribution in [1.29, 1.82) is 0 Å². The molecule has 0 fully saturated rings. The number of ether oxygens (including phenoxy) is 1. The van der Waals surface area contributed by atoms with Crippen LogP contribution in [-0.2, 0) is 6.61 Å². The standard InChI is InChI=1S/C15H11FO/c16-9-14-12-6-2-1-5-11(12)10-17-15-8-4-3-7-13(14)15/h1-9H,10H2. The van der Waals surface area contributed by atoms with Gasteiger partial charge in [-0.05, 0) is 17.2 Å². The third-order valence-corrected chi connectivity index (χ3v) is 2.98. The molecule has 0 bridgehead atoms. The van der Waals surface area contributed by atoms with Gasteiger partial charge in [-0.2, -0.15) is 0 Å². The average Bonchev–Trinajstić information content (AvgIpc) is 2.55. The van der Waals surface area contributed by atoms with Gasteiger partial charge >= 0.3 is 0 Å². The lowest BCUT2D eigenvalue weighted by Crippen LogP contribution is -1.94. The Morgan fingerprint density at radius 2 is 1.65 bits per heavy atom. The van der Waals surface area contributed by atoms with E-state index in [-0.39, 0.29) is 0 Å². The number of halogens is 1. The van der Waals surface area contributed by atoms with E-state index in [0.717, 1.165) is 22.4 Å². The fourth-order valence-electron chi connectivity index (χ4n) is 2.14. The summed E-state index contributed by atoms with van der Waals surface area (Å²) in [5, 5.41) is 0. The first-order chi connectivity index (χ1) is 8.40. The van der Waals surface area contributed by atoms with Gasteiger partial charge < -0.3 is 4.74 Å². The Hall–Kier alpha value is -2.09. The van der Waals surface area contributed by atoms with Crippen molar-refractivity contribution in [2.45, 2.75) is 6.61 Å². The molecule has 0 saturated carbocycles. The molecule has 0 saturated heterocycles. The van der Waals surface area contributed by atoms with Crippen LogP contribution in [0.5, 0.6) is 5.75 Å². The van der Waals surface area contributed by atoms with Gasteiger partial charge in [0, 0.05) is 11.1 Å². The fraction of sp³-hybridized carbons (Fsp3) is 0.0667. The lowest BCUT2D eigenvalue weighted by atomic mass is 9.96. The van der Waals surface area contributed by atoms with Crippen molar-refractivity contribution in [3.8, 4) is 5.75 Å². The maximum Gasteiger partial charge on any atom is 0.127 e. The van der Waals surface area contributed by atoms with E-state index < -0.39 is 0 Å². The van der Waals surface area contributed by atoms with Crippen LogP contribution in [0.25, 0.3) is 5.57 Å². The Morgan fingerprint density at radius 3 is 2.47 bits per heavy atom. The molecule has 2 heteroatoms. The first-order valence-corrected chi connectivity index (χ1v) is 5.51. The zero-order chi connectivity index (χ0) is 11.7. The lowest BCUT2D eigenvalue weighted by molar-refractivity contribution is 0.307. The molecule has 0 amide bonds. The van der Waals surface area contributed by atoms with Gasteiger partial charge in [-0.15, -0.1) is 0 Å². The quantitative estimate of drug-likeness (QED) is 0.661. The summed E-state index contributed by atoms with van der Waals surface area (Å²) in [7, 11) is 0. The van der Waals surface area contributed by atoms with Gasteiger partial charge in [0.2, 0.25) is 0 Å². The third-order valence-electron chi connectivity index (χ3n) is 2.98. The minimum absolute atomic E-state index is 0.477. The smallest absolute Gasteiger partial charge is 0.127 e. The fourth-order valence-corrected chi connectivity index (χ4v) is 2.14. The summed E-state index contributed by atoms with van der Waals surface area (Å²) in [4.78, 5) is 0. The topological polar surface area (TPSA) is 9.23 Å². The van der Waals surface area contributed by atoms with E-state index in [1.807, 2.05) is 48.5 Å². The molecule has 0 radical (unpaired) electrons. The monoisotopic (exact) mass is 226 g/mol. The molecule has 1 aliphatic rings. The van der Waals surface area contributed by atoms with Crippen LogP contribution < -0.4 is 4.74 Å². The predicted octanol–water partition coefficient (Wildman–Crippen LogP) is 3.94. The van der Waals surface area contributed by atoms with Crippen LogP contribution >= 0.6 is 0 Å². The first kappa shape index (κ1) is 10.1. The Morgan fingerprint density at radius 1 is 0.941 bits per heavy atom. The maximum atomic E-state index is 13.2. The Kier molecular flexibility index (Phi) is 2.41. The van der Waals surface area contributed by atoms with Crippen LogP contribution in [0.2, 0.25) is 0 Å². The van der Waals surface area contributed by atoms with E-state index >= 15 is 0 Å². The normalized spacial score (nSPS) is 15.7. The second-order valence-electron chi connectivity index (χ2n) is 3.96. The number of hydrogen-bond acceptors (Lipinski definition) is 1. The summed E-state index contributed by atoms with van der Waals surface area (Å²) in [6.07, 6.45) is 0.659. The SMILES string of the molecule is FC=C1c2ccccc2COc2ccccc21. The van der Waals surface area contributed by atoms with Crippen LogP contribution in [0.1, 0.15) is 16.7 Å². The Balaban J connectivity index is 2.27. The molecule has 0 spiro atoms. The Labute approximate surface area is 99.2 Å². The van der Waals surface area contributed by atoms with Crippen molar-refractivity contribution >= 4 is 5.57 Å². The minimum atomic E-state index is 0.477. The lowest BCUT2D eigenvalue weighted by Gasteiger charge is -2.07. The van der Waals surface area contributed by atoms with E-state index in [1.54, 1.807) is 0 Å². The van der Waals surface area contributed by atoms with Crippen LogP contribution in [0.15, 0.2) is 54.9 Å². The molecule has 3 rings (SSSR count). The Bertz CT molecular complexity index is 537. The van der Waals surface area contributed by atoms with Crippen molar-refractivity contribution in [1.82, 2.24) is 0 Å². The summed E-state index contributed by atoms with van der Waals surface area (Å²) in [6.45, 7) is 0.477. The molecule has 17 heavy (non-hydrogen) atoms. The average molecular weight is 226 g/mol. The van der Waals surface area contributed by atoms with Crippen molar-refractivity contribution in [3.05, 3.63) is 71.6 Å². The molecule has 0 N–H and O–H groups in total. The molecule has 1 aliphatic heterocycles. The zero-order valence-corrected chi connectivity index (χ0v) is 9.19. The zero-order valence-electron chi connectivity index (χ0n) is 9.19. The highest BCUT2D eigenvalue weighted by atomic mass is 19.1. The molecular formula is C15H11FO. The van der Waals surface area contributed by atoms with Crippen molar-refractivity contribution in [2.24, 2.45) is 0 Å². The van der Waals surface area contributed by atoms with Crippen molar-refractivity contribution in [3.63, 3.8) is 0 Å². The van der Waals surface area contributed by atoms with E-state index in [4.69, 9.17) is 4.74 Å². The van der Waals surface area contributed by atoms with Gasteiger partial charge in [-0.3, -0.25) is 0 Å². The van der Waals surface area contributed by atoms with Crippen LogP contribution in [0.3, 0.4) is 0 Å². The van der Waals surface area contributed by atoms with E-state index in [1.165, 1.54) is 0 Å². The summed E-state index contributed by atoms with van der Waals surface area (Å²) >= 11 is 0. The third kappa shape index (κ3) is 1.62. The van der Waals surface area contributed by atoms with Crippen molar-refractivity contribution < 1.29 is 9.13 Å². The summed E-state index contributed by atoms with van der Waals surface area (Å²) < 4.78 is 18.9. The highest BCUT2D eigenvalue weighted by molar-refractivity contribution is 5.84. The number of fused-ring (bicyclic) bond motifs is 2. The molecule has 84 valence electrons. The molecular weight excluding hydrogens is 215 g/mol.